The summed E-state index contributed by atoms with van der Waals surface area (Å²) in [4.78, 5) is 0. The number of halogens is 4. The highest BCUT2D eigenvalue weighted by molar-refractivity contribution is 9.10. The second kappa shape index (κ2) is 6.85. The van der Waals surface area contributed by atoms with Gasteiger partial charge in [0.2, 0.25) is 0 Å². The fraction of sp³-hybridized carbons (Fsp3) is 0.200. The van der Waals surface area contributed by atoms with Gasteiger partial charge in [-0.3, -0.25) is 0 Å². The maximum atomic E-state index is 13.1. The molecule has 0 aliphatic rings. The van der Waals surface area contributed by atoms with Crippen LogP contribution in [0.1, 0.15) is 18.5 Å². The number of anilines is 1. The van der Waals surface area contributed by atoms with Crippen molar-refractivity contribution in [2.75, 3.05) is 5.32 Å². The van der Waals surface area contributed by atoms with Gasteiger partial charge in [0, 0.05) is 15.7 Å². The van der Waals surface area contributed by atoms with Crippen molar-refractivity contribution in [2.24, 2.45) is 0 Å². The molecule has 2 rings (SSSR count). The Kier molecular flexibility index (Phi) is 5.12. The molecule has 21 heavy (non-hydrogen) atoms. The molecule has 1 unspecified atom stereocenters. The van der Waals surface area contributed by atoms with E-state index in [9.17, 15) is 13.2 Å². The number of alkyl halides is 2. The summed E-state index contributed by atoms with van der Waals surface area (Å²) in [5.41, 5.74) is 1.25. The van der Waals surface area contributed by atoms with E-state index in [4.69, 9.17) is 0 Å². The van der Waals surface area contributed by atoms with Gasteiger partial charge in [-0.1, -0.05) is 18.2 Å². The Morgan fingerprint density at radius 1 is 1.14 bits per heavy atom. The van der Waals surface area contributed by atoms with E-state index in [-0.39, 0.29) is 17.6 Å². The van der Waals surface area contributed by atoms with Gasteiger partial charge in [-0.25, -0.2) is 4.39 Å². The summed E-state index contributed by atoms with van der Waals surface area (Å²) >= 11 is 3.25. The Morgan fingerprint density at radius 3 is 2.52 bits per heavy atom. The van der Waals surface area contributed by atoms with Gasteiger partial charge in [0.15, 0.2) is 0 Å². The molecule has 0 radical (unpaired) electrons. The Balaban J connectivity index is 2.22. The van der Waals surface area contributed by atoms with Crippen LogP contribution < -0.4 is 10.1 Å². The largest absolute Gasteiger partial charge is 0.434 e. The summed E-state index contributed by atoms with van der Waals surface area (Å²) in [6.07, 6.45) is 0. The number of hydrogen-bond donors (Lipinski definition) is 1. The molecule has 0 bridgehead atoms. The number of nitrogens with one attached hydrogen (secondary N) is 1. The molecular formula is C15H13BrF3NO. The van der Waals surface area contributed by atoms with Gasteiger partial charge in [-0.15, -0.1) is 0 Å². The molecule has 0 aliphatic carbocycles. The molecule has 0 amide bonds. The molecule has 1 N–H and O–H groups in total. The lowest BCUT2D eigenvalue weighted by Gasteiger charge is -2.19. The van der Waals surface area contributed by atoms with Crippen molar-refractivity contribution in [1.82, 2.24) is 0 Å². The number of para-hydroxylation sites is 1. The third kappa shape index (κ3) is 4.14. The first kappa shape index (κ1) is 15.7. The topological polar surface area (TPSA) is 21.3 Å². The zero-order chi connectivity index (χ0) is 15.4. The first-order valence-corrected chi connectivity index (χ1v) is 7.02. The second-order valence-corrected chi connectivity index (χ2v) is 5.26. The summed E-state index contributed by atoms with van der Waals surface area (Å²) in [5.74, 6) is -0.243. The summed E-state index contributed by atoms with van der Waals surface area (Å²) in [6.45, 7) is -1.07. The van der Waals surface area contributed by atoms with E-state index in [2.05, 4.69) is 26.0 Å². The molecule has 2 aromatic carbocycles. The van der Waals surface area contributed by atoms with Gasteiger partial charge in [-0.2, -0.15) is 8.78 Å². The molecule has 0 saturated heterocycles. The Bertz CT molecular complexity index is 622. The number of benzene rings is 2. The summed E-state index contributed by atoms with van der Waals surface area (Å²) in [7, 11) is 0. The highest BCUT2D eigenvalue weighted by Gasteiger charge is 2.15. The van der Waals surface area contributed by atoms with E-state index in [1.54, 1.807) is 24.3 Å². The van der Waals surface area contributed by atoms with Gasteiger partial charge in [0.1, 0.15) is 11.6 Å². The zero-order valence-electron chi connectivity index (χ0n) is 11.1. The first-order chi connectivity index (χ1) is 9.97. The lowest BCUT2D eigenvalue weighted by molar-refractivity contribution is -0.0505. The number of rotatable bonds is 5. The van der Waals surface area contributed by atoms with Gasteiger partial charge in [0.25, 0.3) is 0 Å². The van der Waals surface area contributed by atoms with Gasteiger partial charge < -0.3 is 10.1 Å². The molecule has 2 aromatic rings. The van der Waals surface area contributed by atoms with Crippen LogP contribution in [0.2, 0.25) is 0 Å². The Labute approximate surface area is 129 Å². The first-order valence-electron chi connectivity index (χ1n) is 6.22. The van der Waals surface area contributed by atoms with Crippen LogP contribution in [0.15, 0.2) is 46.9 Å². The summed E-state index contributed by atoms with van der Waals surface area (Å²) in [6, 6.07) is 10.5. The summed E-state index contributed by atoms with van der Waals surface area (Å²) < 4.78 is 42.9. The van der Waals surface area contributed by atoms with Crippen molar-refractivity contribution in [3.8, 4) is 5.75 Å². The molecule has 6 heteroatoms. The third-order valence-corrected chi connectivity index (χ3v) is 3.56. The van der Waals surface area contributed by atoms with Gasteiger partial charge in [0.05, 0.1) is 6.04 Å². The smallest absolute Gasteiger partial charge is 0.387 e. The molecule has 2 nitrogen and oxygen atoms in total. The monoisotopic (exact) mass is 359 g/mol. The van der Waals surface area contributed by atoms with Gasteiger partial charge in [-0.05, 0) is 47.1 Å². The molecule has 0 saturated carbocycles. The van der Waals surface area contributed by atoms with E-state index < -0.39 is 6.61 Å². The summed E-state index contributed by atoms with van der Waals surface area (Å²) in [5, 5.41) is 3.13. The predicted molar refractivity (Wildman–Crippen MR) is 79.2 cm³/mol. The van der Waals surface area contributed by atoms with Crippen LogP contribution in [0.25, 0.3) is 0 Å². The average molecular weight is 360 g/mol. The fourth-order valence-electron chi connectivity index (χ4n) is 1.96. The lowest BCUT2D eigenvalue weighted by Crippen LogP contribution is -2.11. The molecule has 0 heterocycles. The van der Waals surface area contributed by atoms with Crippen LogP contribution in [0.5, 0.6) is 5.75 Å². The third-order valence-electron chi connectivity index (χ3n) is 2.90. The lowest BCUT2D eigenvalue weighted by atomic mass is 10.1. The maximum absolute atomic E-state index is 13.1. The standard InChI is InChI=1S/C15H13BrF3NO/c1-9(20-13-7-6-10(17)8-12(13)16)11-4-2-3-5-14(11)21-15(18)19/h2-9,15,20H,1H3. The van der Waals surface area contributed by atoms with E-state index in [1.165, 1.54) is 18.2 Å². The van der Waals surface area contributed by atoms with Crippen molar-refractivity contribution in [2.45, 2.75) is 19.6 Å². The highest BCUT2D eigenvalue weighted by atomic mass is 79.9. The molecule has 0 fully saturated rings. The minimum atomic E-state index is -2.88. The molecular weight excluding hydrogens is 347 g/mol. The molecule has 0 spiro atoms. The van der Waals surface area contributed by atoms with Crippen molar-refractivity contribution in [1.29, 1.82) is 0 Å². The molecule has 1 atom stereocenters. The van der Waals surface area contributed by atoms with Crippen LogP contribution in [0, 0.1) is 5.82 Å². The van der Waals surface area contributed by atoms with Crippen LogP contribution in [0.3, 0.4) is 0 Å². The number of ether oxygens (including phenoxy) is 1. The average Bonchev–Trinajstić information content (AvgIpc) is 2.42. The van der Waals surface area contributed by atoms with Crippen molar-refractivity contribution in [3.63, 3.8) is 0 Å². The van der Waals surface area contributed by atoms with Crippen LogP contribution in [-0.4, -0.2) is 6.61 Å². The van der Waals surface area contributed by atoms with Crippen molar-refractivity contribution >= 4 is 21.6 Å². The Morgan fingerprint density at radius 2 is 1.86 bits per heavy atom. The maximum Gasteiger partial charge on any atom is 0.387 e. The molecule has 0 aromatic heterocycles. The molecule has 112 valence electrons. The SMILES string of the molecule is CC(Nc1ccc(F)cc1Br)c1ccccc1OC(F)F. The van der Waals surface area contributed by atoms with E-state index in [0.717, 1.165) is 0 Å². The van der Waals surface area contributed by atoms with Crippen molar-refractivity contribution in [3.05, 3.63) is 58.3 Å². The molecule has 0 aliphatic heterocycles. The van der Waals surface area contributed by atoms with E-state index in [1.807, 2.05) is 6.92 Å². The fourth-order valence-corrected chi connectivity index (χ4v) is 2.42. The van der Waals surface area contributed by atoms with Crippen LogP contribution in [-0.2, 0) is 0 Å². The van der Waals surface area contributed by atoms with Gasteiger partial charge >= 0.3 is 6.61 Å². The number of hydrogen-bond acceptors (Lipinski definition) is 2. The van der Waals surface area contributed by atoms with Crippen molar-refractivity contribution < 1.29 is 17.9 Å². The second-order valence-electron chi connectivity index (χ2n) is 4.41. The quantitative estimate of drug-likeness (QED) is 0.775. The minimum absolute atomic E-state index is 0.116. The van der Waals surface area contributed by atoms with E-state index >= 15 is 0 Å². The van der Waals surface area contributed by atoms with E-state index in [0.29, 0.717) is 15.7 Å². The minimum Gasteiger partial charge on any atom is -0.434 e. The van der Waals surface area contributed by atoms with Crippen LogP contribution >= 0.6 is 15.9 Å². The predicted octanol–water partition coefficient (Wildman–Crippen LogP) is 5.36. The zero-order valence-corrected chi connectivity index (χ0v) is 12.7. The Hall–Kier alpha value is -1.69. The van der Waals surface area contributed by atoms with Crippen LogP contribution in [0.4, 0.5) is 18.9 Å². The normalized spacial score (nSPS) is 12.3. The highest BCUT2D eigenvalue weighted by Crippen LogP contribution is 2.31.